The number of nitrogens with one attached hydrogen (secondary N) is 1. The van der Waals surface area contributed by atoms with Crippen LogP contribution in [0.2, 0.25) is 0 Å². The van der Waals surface area contributed by atoms with E-state index in [1.165, 1.54) is 38.5 Å². The van der Waals surface area contributed by atoms with E-state index in [2.05, 4.69) is 17.3 Å². The van der Waals surface area contributed by atoms with Gasteiger partial charge in [-0.05, 0) is 32.7 Å². The van der Waals surface area contributed by atoms with Gasteiger partial charge in [-0.25, -0.2) is 0 Å². The molecule has 2 fully saturated rings. The molecule has 2 N–H and O–H groups in total. The van der Waals surface area contributed by atoms with Gasteiger partial charge in [0.1, 0.15) is 0 Å². The first-order valence-electron chi connectivity index (χ1n) is 6.39. The lowest BCUT2D eigenvalue weighted by Gasteiger charge is -2.38. The summed E-state index contributed by atoms with van der Waals surface area (Å²) in [5.41, 5.74) is 0. The smallest absolute Gasteiger partial charge is 0.0556 e. The highest BCUT2D eigenvalue weighted by molar-refractivity contribution is 4.93. The van der Waals surface area contributed by atoms with Crippen LogP contribution in [0.1, 0.15) is 38.5 Å². The molecule has 0 aromatic heterocycles. The number of rotatable bonds is 5. The second kappa shape index (κ2) is 5.28. The number of hydrogen-bond donors (Lipinski definition) is 2. The van der Waals surface area contributed by atoms with Gasteiger partial charge >= 0.3 is 0 Å². The topological polar surface area (TPSA) is 35.5 Å². The maximum absolute atomic E-state index is 8.87. The summed E-state index contributed by atoms with van der Waals surface area (Å²) in [5.74, 6) is 0. The van der Waals surface area contributed by atoms with E-state index in [0.29, 0.717) is 12.1 Å². The fourth-order valence-electron chi connectivity index (χ4n) is 2.84. The molecule has 0 radical (unpaired) electrons. The van der Waals surface area contributed by atoms with Crippen molar-refractivity contribution in [1.82, 2.24) is 10.2 Å². The molecule has 3 heteroatoms. The van der Waals surface area contributed by atoms with Crippen molar-refractivity contribution in [3.63, 3.8) is 0 Å². The van der Waals surface area contributed by atoms with E-state index in [-0.39, 0.29) is 6.61 Å². The average Bonchev–Trinajstić information content (AvgIpc) is 3.09. The van der Waals surface area contributed by atoms with Gasteiger partial charge in [-0.1, -0.05) is 12.8 Å². The van der Waals surface area contributed by atoms with E-state index >= 15 is 0 Å². The molecule has 0 unspecified atom stereocenters. The van der Waals surface area contributed by atoms with Gasteiger partial charge in [0.2, 0.25) is 0 Å². The second-order valence-electron chi connectivity index (χ2n) is 5.03. The first kappa shape index (κ1) is 11.4. The Labute approximate surface area is 92.8 Å². The third kappa shape index (κ3) is 2.92. The summed E-state index contributed by atoms with van der Waals surface area (Å²) >= 11 is 0. The minimum Gasteiger partial charge on any atom is -0.395 e. The Morgan fingerprint density at radius 1 is 1.20 bits per heavy atom. The van der Waals surface area contributed by atoms with Crippen LogP contribution in [0, 0.1) is 0 Å². The van der Waals surface area contributed by atoms with Gasteiger partial charge < -0.3 is 10.4 Å². The van der Waals surface area contributed by atoms with Crippen LogP contribution in [0.3, 0.4) is 0 Å². The Kier molecular flexibility index (Phi) is 4.00. The summed E-state index contributed by atoms with van der Waals surface area (Å²) in [6.45, 7) is 1.01. The van der Waals surface area contributed by atoms with Crippen LogP contribution in [-0.4, -0.2) is 48.3 Å². The van der Waals surface area contributed by atoms with E-state index in [9.17, 15) is 0 Å². The van der Waals surface area contributed by atoms with Crippen molar-refractivity contribution in [1.29, 1.82) is 0 Å². The number of nitrogens with zero attached hydrogens (tertiary/aromatic N) is 1. The maximum atomic E-state index is 8.87. The predicted molar refractivity (Wildman–Crippen MR) is 61.9 cm³/mol. The van der Waals surface area contributed by atoms with Crippen molar-refractivity contribution >= 4 is 0 Å². The molecule has 3 nitrogen and oxygen atoms in total. The Hall–Kier alpha value is -0.120. The van der Waals surface area contributed by atoms with Crippen molar-refractivity contribution < 1.29 is 5.11 Å². The van der Waals surface area contributed by atoms with E-state index in [1.807, 2.05) is 0 Å². The number of hydrogen-bond acceptors (Lipinski definition) is 3. The van der Waals surface area contributed by atoms with Crippen molar-refractivity contribution in [2.45, 2.75) is 56.7 Å². The Bertz CT molecular complexity index is 194. The van der Waals surface area contributed by atoms with Gasteiger partial charge in [-0.2, -0.15) is 0 Å². The van der Waals surface area contributed by atoms with E-state index in [4.69, 9.17) is 5.11 Å². The van der Waals surface area contributed by atoms with Crippen molar-refractivity contribution in [2.24, 2.45) is 0 Å². The summed E-state index contributed by atoms with van der Waals surface area (Å²) < 4.78 is 0. The molecule has 0 spiro atoms. The van der Waals surface area contributed by atoms with Crippen LogP contribution in [0.25, 0.3) is 0 Å². The number of likely N-dealkylation sites (N-methyl/N-ethyl adjacent to an activating group) is 1. The molecule has 2 aliphatic rings. The van der Waals surface area contributed by atoms with Crippen molar-refractivity contribution in [3.05, 3.63) is 0 Å². The minimum atomic E-state index is 0.260. The highest BCUT2D eigenvalue weighted by Crippen LogP contribution is 2.32. The molecular weight excluding hydrogens is 188 g/mol. The highest BCUT2D eigenvalue weighted by Gasteiger charge is 2.35. The quantitative estimate of drug-likeness (QED) is 0.713. The van der Waals surface area contributed by atoms with E-state index in [1.54, 1.807) is 0 Å². The van der Waals surface area contributed by atoms with Crippen LogP contribution in [0.5, 0.6) is 0 Å². The Morgan fingerprint density at radius 2 is 1.93 bits per heavy atom. The predicted octanol–water partition coefficient (Wildman–Crippen LogP) is 0.974. The molecule has 0 amide bonds. The Balaban J connectivity index is 1.86. The zero-order valence-corrected chi connectivity index (χ0v) is 9.78. The molecule has 15 heavy (non-hydrogen) atoms. The molecule has 0 bridgehead atoms. The first-order chi connectivity index (χ1) is 7.33. The van der Waals surface area contributed by atoms with E-state index in [0.717, 1.165) is 12.6 Å². The fourth-order valence-corrected chi connectivity index (χ4v) is 2.84. The summed E-state index contributed by atoms with van der Waals surface area (Å²) in [5, 5.41) is 12.4. The molecule has 88 valence electrons. The van der Waals surface area contributed by atoms with Gasteiger partial charge in [0.05, 0.1) is 6.61 Å². The van der Waals surface area contributed by atoms with E-state index < -0.39 is 0 Å². The molecule has 2 rings (SSSR count). The van der Waals surface area contributed by atoms with Crippen molar-refractivity contribution in [3.8, 4) is 0 Å². The minimum absolute atomic E-state index is 0.260. The third-order valence-corrected chi connectivity index (χ3v) is 3.89. The van der Waals surface area contributed by atoms with Crippen LogP contribution < -0.4 is 5.32 Å². The maximum Gasteiger partial charge on any atom is 0.0556 e. The number of aliphatic hydroxyl groups excluding tert-OH is 1. The number of aliphatic hydroxyl groups is 1. The third-order valence-electron chi connectivity index (χ3n) is 3.89. The normalized spacial score (nSPS) is 32.2. The molecule has 2 saturated carbocycles. The molecule has 0 aliphatic heterocycles. The lowest BCUT2D eigenvalue weighted by atomic mass is 9.89. The SMILES string of the molecule is CN(C1CC1)[C@@H]1CCCC[C@H]1NCCO. The van der Waals surface area contributed by atoms with Gasteiger partial charge in [0.25, 0.3) is 0 Å². The fraction of sp³-hybridized carbons (Fsp3) is 1.00. The van der Waals surface area contributed by atoms with Crippen molar-refractivity contribution in [2.75, 3.05) is 20.2 Å². The van der Waals surface area contributed by atoms with Crippen LogP contribution in [0.15, 0.2) is 0 Å². The molecular formula is C12H24N2O. The molecule has 0 aromatic carbocycles. The zero-order valence-electron chi connectivity index (χ0n) is 9.78. The highest BCUT2D eigenvalue weighted by atomic mass is 16.3. The molecule has 0 heterocycles. The summed E-state index contributed by atoms with van der Waals surface area (Å²) in [6.07, 6.45) is 8.11. The van der Waals surface area contributed by atoms with Crippen LogP contribution in [-0.2, 0) is 0 Å². The van der Waals surface area contributed by atoms with Gasteiger partial charge in [0, 0.05) is 24.7 Å². The largest absolute Gasteiger partial charge is 0.395 e. The lowest BCUT2D eigenvalue weighted by molar-refractivity contribution is 0.137. The summed E-state index contributed by atoms with van der Waals surface area (Å²) in [4.78, 5) is 2.58. The lowest BCUT2D eigenvalue weighted by Crippen LogP contribution is -2.51. The molecule has 2 aliphatic carbocycles. The standard InChI is InChI=1S/C12H24N2O/c1-14(10-6-7-10)12-5-3-2-4-11(12)13-8-9-15/h10-13,15H,2-9H2,1H3/t11-,12-/m1/s1. The molecule has 0 aromatic rings. The Morgan fingerprint density at radius 3 is 2.60 bits per heavy atom. The first-order valence-corrected chi connectivity index (χ1v) is 6.39. The van der Waals surface area contributed by atoms with Gasteiger partial charge in [0.15, 0.2) is 0 Å². The van der Waals surface area contributed by atoms with Crippen LogP contribution in [0.4, 0.5) is 0 Å². The second-order valence-corrected chi connectivity index (χ2v) is 5.03. The average molecular weight is 212 g/mol. The monoisotopic (exact) mass is 212 g/mol. The summed E-state index contributed by atoms with van der Waals surface area (Å²) in [6, 6.07) is 2.17. The summed E-state index contributed by atoms with van der Waals surface area (Å²) in [7, 11) is 2.28. The molecule has 0 saturated heterocycles. The van der Waals surface area contributed by atoms with Crippen LogP contribution >= 0.6 is 0 Å². The van der Waals surface area contributed by atoms with Gasteiger partial charge in [-0.3, -0.25) is 4.90 Å². The van der Waals surface area contributed by atoms with Gasteiger partial charge in [-0.15, -0.1) is 0 Å². The molecule has 2 atom stereocenters. The zero-order chi connectivity index (χ0) is 10.7.